The van der Waals surface area contributed by atoms with Gasteiger partial charge in [0.15, 0.2) is 0 Å². The third kappa shape index (κ3) is 4.48. The molecule has 0 aliphatic rings. The summed E-state index contributed by atoms with van der Waals surface area (Å²) < 4.78 is 5.24. The lowest BCUT2D eigenvalue weighted by Crippen LogP contribution is -2.13. The number of carbonyl (C=O) groups excluding carboxylic acids is 1. The number of anilines is 1. The van der Waals surface area contributed by atoms with E-state index in [2.05, 4.69) is 11.4 Å². The van der Waals surface area contributed by atoms with E-state index in [1.165, 1.54) is 7.11 Å². The number of nitrogens with zero attached hydrogens (tertiary/aromatic N) is 1. The Morgan fingerprint density at radius 1 is 1.30 bits per heavy atom. The number of carbonyl (C=O) groups is 1. The zero-order valence-corrected chi connectivity index (χ0v) is 13.8. The molecule has 0 atom stereocenters. The molecule has 2 aromatic rings. The van der Waals surface area contributed by atoms with Crippen LogP contribution in [0.15, 0.2) is 36.4 Å². The average molecular weight is 329 g/mol. The highest BCUT2D eigenvalue weighted by Gasteiger charge is 2.10. The van der Waals surface area contributed by atoms with Gasteiger partial charge >= 0.3 is 0 Å². The Morgan fingerprint density at radius 3 is 2.61 bits per heavy atom. The van der Waals surface area contributed by atoms with Gasteiger partial charge in [-0.2, -0.15) is 5.26 Å². The van der Waals surface area contributed by atoms with Gasteiger partial charge in [0, 0.05) is 17.5 Å². The normalized spacial score (nSPS) is 10.0. The molecule has 0 aromatic heterocycles. The smallest absolute Gasteiger partial charge is 0.224 e. The van der Waals surface area contributed by atoms with Crippen LogP contribution in [0.25, 0.3) is 0 Å². The van der Waals surface area contributed by atoms with E-state index < -0.39 is 0 Å². The topological polar surface area (TPSA) is 62.1 Å². The first-order valence-corrected chi connectivity index (χ1v) is 7.54. The molecule has 0 saturated heterocycles. The number of benzene rings is 2. The number of amides is 1. The lowest BCUT2D eigenvalue weighted by molar-refractivity contribution is -0.116. The van der Waals surface area contributed by atoms with E-state index in [-0.39, 0.29) is 5.91 Å². The van der Waals surface area contributed by atoms with Gasteiger partial charge in [0.05, 0.1) is 24.4 Å². The Bertz CT molecular complexity index is 749. The molecule has 0 spiro atoms. The fourth-order valence-electron chi connectivity index (χ4n) is 2.15. The van der Waals surface area contributed by atoms with Crippen LogP contribution in [-0.2, 0) is 11.2 Å². The maximum atomic E-state index is 12.1. The number of aryl methyl sites for hydroxylation is 2. The van der Waals surface area contributed by atoms with Crippen LogP contribution in [0.3, 0.4) is 0 Å². The van der Waals surface area contributed by atoms with E-state index in [0.717, 1.165) is 11.1 Å². The molecule has 0 bridgehead atoms. The summed E-state index contributed by atoms with van der Waals surface area (Å²) >= 11 is 6.05. The Morgan fingerprint density at radius 2 is 2.00 bits per heavy atom. The van der Waals surface area contributed by atoms with E-state index in [4.69, 9.17) is 21.6 Å². The first-order chi connectivity index (χ1) is 11.0. The molecule has 23 heavy (non-hydrogen) atoms. The van der Waals surface area contributed by atoms with E-state index in [9.17, 15) is 4.79 Å². The first kappa shape index (κ1) is 16.9. The van der Waals surface area contributed by atoms with Crippen molar-refractivity contribution in [3.63, 3.8) is 0 Å². The Labute approximate surface area is 140 Å². The van der Waals surface area contributed by atoms with Gasteiger partial charge in [0.25, 0.3) is 0 Å². The zero-order chi connectivity index (χ0) is 16.8. The molecule has 118 valence electrons. The second-order valence-electron chi connectivity index (χ2n) is 5.16. The molecule has 0 fully saturated rings. The summed E-state index contributed by atoms with van der Waals surface area (Å²) in [6.07, 6.45) is 0.948. The quantitative estimate of drug-likeness (QED) is 0.898. The van der Waals surface area contributed by atoms with Crippen molar-refractivity contribution in [2.75, 3.05) is 12.4 Å². The number of nitriles is 1. The number of rotatable bonds is 5. The van der Waals surface area contributed by atoms with Crippen LogP contribution >= 0.6 is 11.6 Å². The minimum absolute atomic E-state index is 0.102. The van der Waals surface area contributed by atoms with Gasteiger partial charge in [-0.25, -0.2) is 0 Å². The predicted molar refractivity (Wildman–Crippen MR) is 90.8 cm³/mol. The maximum absolute atomic E-state index is 12.1. The Kier molecular flexibility index (Phi) is 5.61. The van der Waals surface area contributed by atoms with Gasteiger partial charge in [0.1, 0.15) is 5.75 Å². The van der Waals surface area contributed by atoms with Gasteiger partial charge in [-0.3, -0.25) is 4.79 Å². The number of ether oxygens (including phenoxy) is 1. The Balaban J connectivity index is 1.99. The van der Waals surface area contributed by atoms with E-state index in [0.29, 0.717) is 34.9 Å². The minimum atomic E-state index is -0.102. The summed E-state index contributed by atoms with van der Waals surface area (Å²) in [7, 11) is 1.54. The SMILES string of the molecule is COc1cc(Cl)c(C)cc1NC(=O)CCc1ccc(C#N)cc1. The van der Waals surface area contributed by atoms with Gasteiger partial charge in [-0.1, -0.05) is 23.7 Å². The second kappa shape index (κ2) is 7.66. The fourth-order valence-corrected chi connectivity index (χ4v) is 2.30. The van der Waals surface area contributed by atoms with Gasteiger partial charge in [0.2, 0.25) is 5.91 Å². The zero-order valence-electron chi connectivity index (χ0n) is 13.0. The van der Waals surface area contributed by atoms with Crippen molar-refractivity contribution in [2.45, 2.75) is 19.8 Å². The number of halogens is 1. The van der Waals surface area contributed by atoms with Crippen LogP contribution in [0.2, 0.25) is 5.02 Å². The van der Waals surface area contributed by atoms with Crippen molar-refractivity contribution in [3.05, 3.63) is 58.1 Å². The summed E-state index contributed by atoms with van der Waals surface area (Å²) in [5, 5.41) is 12.2. The summed E-state index contributed by atoms with van der Waals surface area (Å²) in [4.78, 5) is 12.1. The summed E-state index contributed by atoms with van der Waals surface area (Å²) in [5.74, 6) is 0.432. The third-order valence-electron chi connectivity index (χ3n) is 3.48. The summed E-state index contributed by atoms with van der Waals surface area (Å²) in [6.45, 7) is 1.87. The van der Waals surface area contributed by atoms with Gasteiger partial charge in [-0.05, 0) is 42.7 Å². The highest BCUT2D eigenvalue weighted by molar-refractivity contribution is 6.31. The molecule has 2 rings (SSSR count). The highest BCUT2D eigenvalue weighted by atomic mass is 35.5. The molecule has 5 heteroatoms. The number of hydrogen-bond acceptors (Lipinski definition) is 3. The molecule has 4 nitrogen and oxygen atoms in total. The predicted octanol–water partition coefficient (Wildman–Crippen LogP) is 4.10. The summed E-state index contributed by atoms with van der Waals surface area (Å²) in [5.41, 5.74) is 3.10. The largest absolute Gasteiger partial charge is 0.495 e. The molecule has 0 aliphatic carbocycles. The van der Waals surface area contributed by atoms with Crippen LogP contribution in [0.1, 0.15) is 23.1 Å². The van der Waals surface area contributed by atoms with Crippen molar-refractivity contribution in [2.24, 2.45) is 0 Å². The van der Waals surface area contributed by atoms with Crippen molar-refractivity contribution in [1.29, 1.82) is 5.26 Å². The molecule has 0 aliphatic heterocycles. The van der Waals surface area contributed by atoms with E-state index in [1.807, 2.05) is 19.1 Å². The molecule has 0 unspecified atom stereocenters. The van der Waals surface area contributed by atoms with Crippen molar-refractivity contribution >= 4 is 23.2 Å². The van der Waals surface area contributed by atoms with Crippen LogP contribution in [-0.4, -0.2) is 13.0 Å². The lowest BCUT2D eigenvalue weighted by atomic mass is 10.1. The molecule has 0 saturated carbocycles. The van der Waals surface area contributed by atoms with Crippen molar-refractivity contribution in [1.82, 2.24) is 0 Å². The second-order valence-corrected chi connectivity index (χ2v) is 5.57. The van der Waals surface area contributed by atoms with Crippen molar-refractivity contribution in [3.8, 4) is 11.8 Å². The van der Waals surface area contributed by atoms with Crippen LogP contribution < -0.4 is 10.1 Å². The third-order valence-corrected chi connectivity index (χ3v) is 3.89. The standard InChI is InChI=1S/C18H17ClN2O2/c1-12-9-16(17(23-2)10-15(12)19)21-18(22)8-7-13-3-5-14(11-20)6-4-13/h3-6,9-10H,7-8H2,1-2H3,(H,21,22). The maximum Gasteiger partial charge on any atom is 0.224 e. The van der Waals surface area contributed by atoms with Gasteiger partial charge < -0.3 is 10.1 Å². The molecule has 2 aromatic carbocycles. The average Bonchev–Trinajstić information content (AvgIpc) is 2.56. The first-order valence-electron chi connectivity index (χ1n) is 7.16. The van der Waals surface area contributed by atoms with Crippen LogP contribution in [0.5, 0.6) is 5.75 Å². The van der Waals surface area contributed by atoms with E-state index in [1.54, 1.807) is 24.3 Å². The number of nitrogens with one attached hydrogen (secondary N) is 1. The number of methoxy groups -OCH3 is 1. The molecular formula is C18H17ClN2O2. The van der Waals surface area contributed by atoms with Gasteiger partial charge in [-0.15, -0.1) is 0 Å². The van der Waals surface area contributed by atoms with Crippen LogP contribution in [0, 0.1) is 18.3 Å². The van der Waals surface area contributed by atoms with E-state index >= 15 is 0 Å². The minimum Gasteiger partial charge on any atom is -0.495 e. The fraction of sp³-hybridized carbons (Fsp3) is 0.222. The van der Waals surface area contributed by atoms with Crippen LogP contribution in [0.4, 0.5) is 5.69 Å². The lowest BCUT2D eigenvalue weighted by Gasteiger charge is -2.12. The molecule has 0 heterocycles. The molecule has 1 amide bonds. The molecular weight excluding hydrogens is 312 g/mol. The molecule has 1 N–H and O–H groups in total. The summed E-state index contributed by atoms with van der Waals surface area (Å²) in [6, 6.07) is 12.8. The molecule has 0 radical (unpaired) electrons. The number of hydrogen-bond donors (Lipinski definition) is 1. The van der Waals surface area contributed by atoms with Crippen molar-refractivity contribution < 1.29 is 9.53 Å². The monoisotopic (exact) mass is 328 g/mol. The highest BCUT2D eigenvalue weighted by Crippen LogP contribution is 2.31. The Hall–Kier alpha value is -2.51.